The molecule has 0 radical (unpaired) electrons. The first kappa shape index (κ1) is 19.6. The summed E-state index contributed by atoms with van der Waals surface area (Å²) in [4.78, 5) is 0.150. The Balaban J connectivity index is 1.58. The van der Waals surface area contributed by atoms with Crippen LogP contribution in [-0.2, 0) is 10.1 Å². The molecule has 0 amide bonds. The van der Waals surface area contributed by atoms with Crippen LogP contribution in [0.15, 0.2) is 95.9 Å². The Morgan fingerprint density at radius 1 is 0.677 bits per heavy atom. The largest absolute Gasteiger partial charge is 0.378 e. The van der Waals surface area contributed by atoms with E-state index in [4.69, 9.17) is 4.18 Å². The van der Waals surface area contributed by atoms with E-state index in [1.165, 1.54) is 22.3 Å². The zero-order chi connectivity index (χ0) is 21.6. The lowest BCUT2D eigenvalue weighted by molar-refractivity contribution is 0.482. The SMILES string of the molecule is Cc1cc(C2c3ccccc3-c3ccccc32)cc(C)c1OS(=O)(=O)c1ccccc1. The van der Waals surface area contributed by atoms with Crippen LogP contribution >= 0.6 is 0 Å². The Labute approximate surface area is 183 Å². The van der Waals surface area contributed by atoms with Gasteiger partial charge in [-0.05, 0) is 64.9 Å². The van der Waals surface area contributed by atoms with Crippen molar-refractivity contribution in [2.75, 3.05) is 0 Å². The van der Waals surface area contributed by atoms with Crippen LogP contribution in [0.4, 0.5) is 0 Å². The van der Waals surface area contributed by atoms with Crippen molar-refractivity contribution in [2.24, 2.45) is 0 Å². The number of aryl methyl sites for hydroxylation is 2. The van der Waals surface area contributed by atoms with Crippen LogP contribution in [0, 0.1) is 13.8 Å². The standard InChI is InChI=1S/C27H22O3S/c1-18-16-20(17-19(2)27(18)30-31(28,29)21-10-4-3-5-11-21)26-24-14-8-6-12-22(24)23-13-7-9-15-25(23)26/h3-17,26H,1-2H3. The van der Waals surface area contributed by atoms with Gasteiger partial charge in [-0.25, -0.2) is 0 Å². The van der Waals surface area contributed by atoms with Crippen molar-refractivity contribution < 1.29 is 12.6 Å². The summed E-state index contributed by atoms with van der Waals surface area (Å²) in [7, 11) is -3.89. The first-order valence-corrected chi connectivity index (χ1v) is 11.7. The predicted octanol–water partition coefficient (Wildman–Crippen LogP) is 6.23. The van der Waals surface area contributed by atoms with Crippen molar-refractivity contribution in [2.45, 2.75) is 24.7 Å². The molecule has 0 atom stereocenters. The molecule has 0 aliphatic heterocycles. The van der Waals surface area contributed by atoms with Gasteiger partial charge in [0.05, 0.1) is 0 Å². The predicted molar refractivity (Wildman–Crippen MR) is 123 cm³/mol. The van der Waals surface area contributed by atoms with Crippen LogP contribution in [0.25, 0.3) is 11.1 Å². The van der Waals surface area contributed by atoms with E-state index in [0.717, 1.165) is 16.7 Å². The van der Waals surface area contributed by atoms with Gasteiger partial charge >= 0.3 is 10.1 Å². The van der Waals surface area contributed by atoms with Crippen LogP contribution in [0.1, 0.15) is 33.7 Å². The molecule has 3 nitrogen and oxygen atoms in total. The third-order valence-electron chi connectivity index (χ3n) is 5.87. The Morgan fingerprint density at radius 2 is 1.16 bits per heavy atom. The summed E-state index contributed by atoms with van der Waals surface area (Å²) in [6, 6.07) is 29.3. The van der Waals surface area contributed by atoms with Gasteiger partial charge in [-0.2, -0.15) is 8.42 Å². The molecule has 5 rings (SSSR count). The van der Waals surface area contributed by atoms with Crippen LogP contribution in [0.5, 0.6) is 5.75 Å². The molecule has 4 aromatic carbocycles. The molecular weight excluding hydrogens is 404 g/mol. The van der Waals surface area contributed by atoms with Crippen molar-refractivity contribution in [1.29, 1.82) is 0 Å². The van der Waals surface area contributed by atoms with Gasteiger partial charge < -0.3 is 4.18 Å². The molecule has 0 heterocycles. The first-order valence-electron chi connectivity index (χ1n) is 10.2. The Hall–Kier alpha value is -3.37. The van der Waals surface area contributed by atoms with E-state index < -0.39 is 10.1 Å². The highest BCUT2D eigenvalue weighted by molar-refractivity contribution is 7.87. The second-order valence-corrected chi connectivity index (χ2v) is 9.49. The lowest BCUT2D eigenvalue weighted by atomic mass is 9.87. The third-order valence-corrected chi connectivity index (χ3v) is 7.11. The van der Waals surface area contributed by atoms with Gasteiger partial charge in [0, 0.05) is 5.92 Å². The average molecular weight is 427 g/mol. The number of fused-ring (bicyclic) bond motifs is 3. The fourth-order valence-electron chi connectivity index (χ4n) is 4.54. The molecule has 0 fully saturated rings. The summed E-state index contributed by atoms with van der Waals surface area (Å²) in [6.45, 7) is 3.80. The maximum atomic E-state index is 12.8. The Kier molecular flexibility index (Phi) is 4.67. The van der Waals surface area contributed by atoms with Gasteiger partial charge in [0.25, 0.3) is 0 Å². The van der Waals surface area contributed by atoms with E-state index >= 15 is 0 Å². The fourth-order valence-corrected chi connectivity index (χ4v) is 5.61. The lowest BCUT2D eigenvalue weighted by Gasteiger charge is -2.19. The summed E-state index contributed by atoms with van der Waals surface area (Å²) in [5.41, 5.74) is 7.79. The summed E-state index contributed by atoms with van der Waals surface area (Å²) in [5.74, 6) is 0.511. The molecule has 0 unspecified atom stereocenters. The summed E-state index contributed by atoms with van der Waals surface area (Å²) in [5, 5.41) is 0. The molecule has 1 aliphatic rings. The van der Waals surface area contributed by atoms with Gasteiger partial charge in [0.2, 0.25) is 0 Å². The maximum absolute atomic E-state index is 12.8. The Bertz CT molecular complexity index is 1320. The second kappa shape index (κ2) is 7.40. The zero-order valence-corrected chi connectivity index (χ0v) is 18.2. The molecule has 0 aromatic heterocycles. The topological polar surface area (TPSA) is 43.4 Å². The van der Waals surface area contributed by atoms with Crippen LogP contribution < -0.4 is 4.18 Å². The normalized spacial score (nSPS) is 13.0. The Morgan fingerprint density at radius 3 is 1.71 bits per heavy atom. The van der Waals surface area contributed by atoms with Crippen molar-refractivity contribution in [1.82, 2.24) is 0 Å². The van der Waals surface area contributed by atoms with Crippen LogP contribution in [0.3, 0.4) is 0 Å². The minimum absolute atomic E-state index is 0.115. The monoisotopic (exact) mass is 426 g/mol. The number of benzene rings is 4. The van der Waals surface area contributed by atoms with E-state index in [2.05, 4.69) is 48.5 Å². The molecule has 1 aliphatic carbocycles. The van der Waals surface area contributed by atoms with E-state index in [0.29, 0.717) is 5.75 Å². The molecular formula is C27H22O3S. The van der Waals surface area contributed by atoms with E-state index in [1.807, 2.05) is 26.0 Å². The van der Waals surface area contributed by atoms with Crippen molar-refractivity contribution in [3.05, 3.63) is 119 Å². The van der Waals surface area contributed by atoms with E-state index in [1.54, 1.807) is 30.3 Å². The first-order chi connectivity index (χ1) is 15.0. The van der Waals surface area contributed by atoms with Crippen LogP contribution in [-0.4, -0.2) is 8.42 Å². The molecule has 31 heavy (non-hydrogen) atoms. The molecule has 0 saturated carbocycles. The quantitative estimate of drug-likeness (QED) is 0.320. The molecule has 0 bridgehead atoms. The summed E-state index contributed by atoms with van der Waals surface area (Å²) in [6.07, 6.45) is 0. The second-order valence-electron chi connectivity index (χ2n) is 7.94. The van der Waals surface area contributed by atoms with Gasteiger partial charge in [0.1, 0.15) is 10.6 Å². The molecule has 154 valence electrons. The lowest BCUT2D eigenvalue weighted by Crippen LogP contribution is -2.12. The highest BCUT2D eigenvalue weighted by Gasteiger charge is 2.30. The molecule has 0 spiro atoms. The molecule has 0 N–H and O–H groups in total. The summed E-state index contributed by atoms with van der Waals surface area (Å²) < 4.78 is 31.1. The molecule has 4 heteroatoms. The van der Waals surface area contributed by atoms with E-state index in [-0.39, 0.29) is 10.8 Å². The number of hydrogen-bond acceptors (Lipinski definition) is 3. The van der Waals surface area contributed by atoms with Crippen molar-refractivity contribution >= 4 is 10.1 Å². The highest BCUT2D eigenvalue weighted by Crippen LogP contribution is 2.48. The molecule has 0 saturated heterocycles. The fraction of sp³-hybridized carbons (Fsp3) is 0.111. The van der Waals surface area contributed by atoms with Gasteiger partial charge in [-0.3, -0.25) is 0 Å². The smallest absolute Gasteiger partial charge is 0.339 e. The third kappa shape index (κ3) is 3.33. The number of rotatable bonds is 4. The maximum Gasteiger partial charge on any atom is 0.339 e. The van der Waals surface area contributed by atoms with Gasteiger partial charge in [0.15, 0.2) is 0 Å². The average Bonchev–Trinajstić information content (AvgIpc) is 3.11. The highest BCUT2D eigenvalue weighted by atomic mass is 32.2. The zero-order valence-electron chi connectivity index (χ0n) is 17.4. The van der Waals surface area contributed by atoms with Crippen molar-refractivity contribution in [3.63, 3.8) is 0 Å². The van der Waals surface area contributed by atoms with Crippen LogP contribution in [0.2, 0.25) is 0 Å². The van der Waals surface area contributed by atoms with Crippen molar-refractivity contribution in [3.8, 4) is 16.9 Å². The molecule has 4 aromatic rings. The summed E-state index contributed by atoms with van der Waals surface area (Å²) >= 11 is 0. The number of hydrogen-bond donors (Lipinski definition) is 0. The van der Waals surface area contributed by atoms with Gasteiger partial charge in [-0.1, -0.05) is 78.9 Å². The van der Waals surface area contributed by atoms with Gasteiger partial charge in [-0.15, -0.1) is 0 Å². The minimum Gasteiger partial charge on any atom is -0.378 e. The van der Waals surface area contributed by atoms with E-state index in [9.17, 15) is 8.42 Å². The minimum atomic E-state index is -3.89.